The van der Waals surface area contributed by atoms with Crippen LogP contribution in [0, 0.1) is 12.8 Å². The average molecular weight is 401 g/mol. The molecule has 8 heteroatoms. The van der Waals surface area contributed by atoms with Gasteiger partial charge in [0.05, 0.1) is 17.5 Å². The zero-order valence-electron chi connectivity index (χ0n) is 14.4. The van der Waals surface area contributed by atoms with Crippen molar-refractivity contribution in [3.05, 3.63) is 28.8 Å². The van der Waals surface area contributed by atoms with Crippen molar-refractivity contribution in [1.29, 1.82) is 0 Å². The van der Waals surface area contributed by atoms with Crippen LogP contribution in [-0.2, 0) is 14.6 Å². The molecule has 2 aliphatic rings. The molecule has 0 aliphatic carbocycles. The number of hydrogen-bond donors (Lipinski definition) is 0. The van der Waals surface area contributed by atoms with Crippen LogP contribution in [0.2, 0.25) is 5.02 Å². The first kappa shape index (κ1) is 18.7. The number of amidine groups is 1. The number of nitrogens with zero attached hydrogens (tertiary/aromatic N) is 2. The SMILES string of the molecule is Cc1ccc(N2C(=NC(=O)CC(C)C)S[C@H]3CS(=O)(=O)C[C@H]32)cc1Cl. The van der Waals surface area contributed by atoms with Gasteiger partial charge in [-0.2, -0.15) is 4.99 Å². The molecule has 5 nitrogen and oxygen atoms in total. The predicted molar refractivity (Wildman–Crippen MR) is 104 cm³/mol. The molecule has 2 aliphatic heterocycles. The summed E-state index contributed by atoms with van der Waals surface area (Å²) in [5.41, 5.74) is 1.73. The monoisotopic (exact) mass is 400 g/mol. The number of thioether (sulfide) groups is 1. The molecular formula is C17H21ClN2O3S2. The Bertz CT molecular complexity index is 836. The normalized spacial score (nSPS) is 26.4. The number of aliphatic imine (C=N–C) groups is 1. The van der Waals surface area contributed by atoms with Gasteiger partial charge in [0.25, 0.3) is 0 Å². The van der Waals surface area contributed by atoms with Gasteiger partial charge in [0.1, 0.15) is 0 Å². The molecule has 0 saturated carbocycles. The molecule has 0 bridgehead atoms. The summed E-state index contributed by atoms with van der Waals surface area (Å²) in [4.78, 5) is 18.3. The lowest BCUT2D eigenvalue weighted by Crippen LogP contribution is -2.37. The lowest BCUT2D eigenvalue weighted by Gasteiger charge is -2.25. The van der Waals surface area contributed by atoms with E-state index in [9.17, 15) is 13.2 Å². The van der Waals surface area contributed by atoms with E-state index < -0.39 is 9.84 Å². The highest BCUT2D eigenvalue weighted by atomic mass is 35.5. The van der Waals surface area contributed by atoms with Crippen LogP contribution in [0.5, 0.6) is 0 Å². The van der Waals surface area contributed by atoms with E-state index in [-0.39, 0.29) is 34.6 Å². The van der Waals surface area contributed by atoms with Crippen molar-refractivity contribution in [3.8, 4) is 0 Å². The van der Waals surface area contributed by atoms with Crippen molar-refractivity contribution >= 4 is 50.0 Å². The average Bonchev–Trinajstić information content (AvgIpc) is 2.92. The van der Waals surface area contributed by atoms with E-state index in [1.807, 2.05) is 43.9 Å². The van der Waals surface area contributed by atoms with Crippen LogP contribution < -0.4 is 4.90 Å². The molecule has 0 radical (unpaired) electrons. The van der Waals surface area contributed by atoms with Crippen molar-refractivity contribution in [2.45, 2.75) is 38.5 Å². The zero-order chi connectivity index (χ0) is 18.4. The van der Waals surface area contributed by atoms with Crippen LogP contribution >= 0.6 is 23.4 Å². The molecule has 2 saturated heterocycles. The van der Waals surface area contributed by atoms with Gasteiger partial charge in [-0.15, -0.1) is 0 Å². The summed E-state index contributed by atoms with van der Waals surface area (Å²) in [6.07, 6.45) is 0.375. The number of halogens is 1. The number of fused-ring (bicyclic) bond motifs is 1. The molecule has 0 N–H and O–H groups in total. The Hall–Kier alpha value is -1.05. The summed E-state index contributed by atoms with van der Waals surface area (Å²) in [6.45, 7) is 5.85. The van der Waals surface area contributed by atoms with E-state index in [0.29, 0.717) is 16.6 Å². The highest BCUT2D eigenvalue weighted by molar-refractivity contribution is 8.16. The molecule has 1 aromatic carbocycles. The molecule has 1 amide bonds. The molecular weight excluding hydrogens is 380 g/mol. The summed E-state index contributed by atoms with van der Waals surface area (Å²) >= 11 is 7.64. The third-order valence-corrected chi connectivity index (χ3v) is 7.92. The highest BCUT2D eigenvalue weighted by Gasteiger charge is 2.49. The van der Waals surface area contributed by atoms with Gasteiger partial charge in [-0.1, -0.05) is 43.3 Å². The van der Waals surface area contributed by atoms with Gasteiger partial charge < -0.3 is 4.90 Å². The number of amides is 1. The minimum absolute atomic E-state index is 0.0769. The van der Waals surface area contributed by atoms with Crippen LogP contribution in [-0.4, -0.2) is 42.3 Å². The topological polar surface area (TPSA) is 66.8 Å². The maximum absolute atomic E-state index is 12.2. The van der Waals surface area contributed by atoms with Crippen LogP contribution in [0.3, 0.4) is 0 Å². The molecule has 0 spiro atoms. The van der Waals surface area contributed by atoms with Crippen LogP contribution in [0.4, 0.5) is 5.69 Å². The summed E-state index contributed by atoms with van der Waals surface area (Å²) in [7, 11) is -3.07. The quantitative estimate of drug-likeness (QED) is 0.778. The molecule has 3 rings (SSSR count). The van der Waals surface area contributed by atoms with Crippen molar-refractivity contribution in [1.82, 2.24) is 0 Å². The van der Waals surface area contributed by atoms with Crippen molar-refractivity contribution in [3.63, 3.8) is 0 Å². The second-order valence-electron chi connectivity index (χ2n) is 6.99. The van der Waals surface area contributed by atoms with Crippen molar-refractivity contribution in [2.24, 2.45) is 10.9 Å². The minimum Gasteiger partial charge on any atom is -0.316 e. The molecule has 2 atom stereocenters. The predicted octanol–water partition coefficient (Wildman–Crippen LogP) is 3.30. The molecule has 2 heterocycles. The van der Waals surface area contributed by atoms with Gasteiger partial charge in [-0.05, 0) is 30.5 Å². The van der Waals surface area contributed by atoms with E-state index in [0.717, 1.165) is 11.3 Å². The summed E-state index contributed by atoms with van der Waals surface area (Å²) in [5, 5.41) is 1.09. The fourth-order valence-corrected chi connectivity index (χ4v) is 7.21. The lowest BCUT2D eigenvalue weighted by atomic mass is 10.1. The Morgan fingerprint density at radius 1 is 1.40 bits per heavy atom. The zero-order valence-corrected chi connectivity index (χ0v) is 16.8. The Morgan fingerprint density at radius 3 is 2.76 bits per heavy atom. The first-order valence-corrected chi connectivity index (χ1v) is 11.3. The Balaban J connectivity index is 1.99. The lowest BCUT2D eigenvalue weighted by molar-refractivity contribution is -0.118. The fourth-order valence-electron chi connectivity index (χ4n) is 3.10. The fraction of sp³-hybridized carbons (Fsp3) is 0.529. The molecule has 0 unspecified atom stereocenters. The first-order chi connectivity index (χ1) is 11.7. The molecule has 2 fully saturated rings. The van der Waals surface area contributed by atoms with Gasteiger partial charge >= 0.3 is 0 Å². The molecule has 25 heavy (non-hydrogen) atoms. The first-order valence-electron chi connectivity index (χ1n) is 8.20. The largest absolute Gasteiger partial charge is 0.316 e. The van der Waals surface area contributed by atoms with E-state index in [1.54, 1.807) is 0 Å². The Labute approximate surface area is 157 Å². The summed E-state index contributed by atoms with van der Waals surface area (Å²) < 4.78 is 24.1. The summed E-state index contributed by atoms with van der Waals surface area (Å²) in [6, 6.07) is 5.40. The van der Waals surface area contributed by atoms with Crippen molar-refractivity contribution in [2.75, 3.05) is 16.4 Å². The van der Waals surface area contributed by atoms with Crippen LogP contribution in [0.1, 0.15) is 25.8 Å². The minimum atomic E-state index is -3.07. The number of hydrogen-bond acceptors (Lipinski definition) is 4. The smallest absolute Gasteiger partial charge is 0.248 e. The number of carbonyl (C=O) groups is 1. The standard InChI is InChI=1S/C17H21ClN2O3S2/c1-10(2)6-16(21)19-17-20(12-5-4-11(3)13(18)7-12)14-8-25(22,23)9-15(14)24-17/h4-5,7,10,14-15H,6,8-9H2,1-3H3/t14-,15+/m1/s1. The number of sulfone groups is 1. The van der Waals surface area contributed by atoms with Crippen LogP contribution in [0.15, 0.2) is 23.2 Å². The number of benzene rings is 1. The molecule has 136 valence electrons. The highest BCUT2D eigenvalue weighted by Crippen LogP contribution is 2.41. The summed E-state index contributed by atoms with van der Waals surface area (Å²) in [5.74, 6) is 0.248. The Morgan fingerprint density at radius 2 is 2.12 bits per heavy atom. The van der Waals surface area contributed by atoms with Gasteiger partial charge in [0.2, 0.25) is 5.91 Å². The maximum Gasteiger partial charge on any atom is 0.248 e. The van der Waals surface area contributed by atoms with Gasteiger partial charge in [-0.25, -0.2) is 8.42 Å². The molecule has 1 aromatic rings. The van der Waals surface area contributed by atoms with E-state index in [4.69, 9.17) is 11.6 Å². The molecule has 0 aromatic heterocycles. The second kappa shape index (κ2) is 6.93. The van der Waals surface area contributed by atoms with E-state index in [1.165, 1.54) is 11.8 Å². The second-order valence-corrected chi connectivity index (χ2v) is 10.8. The van der Waals surface area contributed by atoms with Crippen LogP contribution in [0.25, 0.3) is 0 Å². The number of rotatable bonds is 3. The van der Waals surface area contributed by atoms with Crippen molar-refractivity contribution < 1.29 is 13.2 Å². The van der Waals surface area contributed by atoms with E-state index >= 15 is 0 Å². The van der Waals surface area contributed by atoms with Gasteiger partial charge in [0.15, 0.2) is 15.0 Å². The number of carbonyl (C=O) groups excluding carboxylic acids is 1. The third kappa shape index (κ3) is 4.04. The number of anilines is 1. The van der Waals surface area contributed by atoms with E-state index in [2.05, 4.69) is 4.99 Å². The number of aryl methyl sites for hydroxylation is 1. The van der Waals surface area contributed by atoms with Gasteiger partial charge in [-0.3, -0.25) is 4.79 Å². The maximum atomic E-state index is 12.2. The van der Waals surface area contributed by atoms with Gasteiger partial charge in [0, 0.05) is 22.4 Å². The third-order valence-electron chi connectivity index (χ3n) is 4.30. The Kier molecular flexibility index (Phi) is 5.19.